The second kappa shape index (κ2) is 6.54. The van der Waals surface area contributed by atoms with Crippen LogP contribution in [0.15, 0.2) is 35.8 Å². The molecule has 0 N–H and O–H groups in total. The van der Waals surface area contributed by atoms with Crippen LogP contribution in [0.4, 0.5) is 4.39 Å². The van der Waals surface area contributed by atoms with Crippen molar-refractivity contribution >= 4 is 11.3 Å². The van der Waals surface area contributed by atoms with Gasteiger partial charge in [0.2, 0.25) is 0 Å². The summed E-state index contributed by atoms with van der Waals surface area (Å²) < 4.78 is 13.0. The Morgan fingerprint density at radius 2 is 2.04 bits per heavy atom. The Morgan fingerprint density at radius 1 is 1.29 bits per heavy atom. The standard InChI is InChI=1S/C19H24FN3S/c1-22(14-18-21-8-11-24-18)17-12-19(17)6-9-23(10-7-19)13-15-2-4-16(20)5-3-15/h2-5,8,11,17H,6-7,9-10,12-14H2,1H3/t17-/m1/s1. The van der Waals surface area contributed by atoms with E-state index >= 15 is 0 Å². The maximum absolute atomic E-state index is 13.0. The van der Waals surface area contributed by atoms with Gasteiger partial charge in [0.25, 0.3) is 0 Å². The second-order valence-corrected chi connectivity index (χ2v) is 8.30. The summed E-state index contributed by atoms with van der Waals surface area (Å²) in [7, 11) is 2.24. The fraction of sp³-hybridized carbons (Fsp3) is 0.526. The van der Waals surface area contributed by atoms with Crippen LogP contribution >= 0.6 is 11.3 Å². The van der Waals surface area contributed by atoms with Gasteiger partial charge in [-0.1, -0.05) is 12.1 Å². The van der Waals surface area contributed by atoms with Crippen LogP contribution in [0.25, 0.3) is 0 Å². The lowest BCUT2D eigenvalue weighted by molar-refractivity contribution is 0.139. The lowest BCUT2D eigenvalue weighted by Gasteiger charge is -2.34. The smallest absolute Gasteiger partial charge is 0.123 e. The zero-order valence-corrected chi connectivity index (χ0v) is 14.9. The SMILES string of the molecule is CN(Cc1nccs1)[C@@H]1CC12CCN(Cc1ccc(F)cc1)CC2. The highest BCUT2D eigenvalue weighted by molar-refractivity contribution is 7.09. The van der Waals surface area contributed by atoms with Gasteiger partial charge in [0.05, 0.1) is 6.54 Å². The van der Waals surface area contributed by atoms with E-state index in [0.717, 1.165) is 32.2 Å². The normalized spacial score (nSPS) is 23.0. The summed E-state index contributed by atoms with van der Waals surface area (Å²) in [5, 5.41) is 3.27. The van der Waals surface area contributed by atoms with E-state index in [4.69, 9.17) is 0 Å². The molecular formula is C19H24FN3S. The van der Waals surface area contributed by atoms with Crippen LogP contribution < -0.4 is 0 Å². The third kappa shape index (κ3) is 3.39. The van der Waals surface area contributed by atoms with Crippen molar-refractivity contribution in [2.45, 2.75) is 38.4 Å². The van der Waals surface area contributed by atoms with Crippen LogP contribution in [-0.4, -0.2) is 41.0 Å². The largest absolute Gasteiger partial charge is 0.299 e. The van der Waals surface area contributed by atoms with Crippen molar-refractivity contribution in [3.05, 3.63) is 52.2 Å². The molecule has 5 heteroatoms. The number of nitrogens with zero attached hydrogens (tertiary/aromatic N) is 3. The van der Waals surface area contributed by atoms with E-state index in [1.165, 1.54) is 29.8 Å². The molecule has 2 heterocycles. The van der Waals surface area contributed by atoms with Crippen LogP contribution in [0.1, 0.15) is 29.8 Å². The lowest BCUT2D eigenvalue weighted by Crippen LogP contribution is -2.37. The number of rotatable bonds is 5. The van der Waals surface area contributed by atoms with Gasteiger partial charge in [-0.2, -0.15) is 0 Å². The van der Waals surface area contributed by atoms with Gasteiger partial charge in [0.15, 0.2) is 0 Å². The molecule has 4 rings (SSSR count). The minimum atomic E-state index is -0.152. The van der Waals surface area contributed by atoms with Crippen molar-refractivity contribution in [2.75, 3.05) is 20.1 Å². The quantitative estimate of drug-likeness (QED) is 0.822. The Hall–Kier alpha value is -1.30. The van der Waals surface area contributed by atoms with Gasteiger partial charge in [-0.05, 0) is 62.5 Å². The molecule has 1 aromatic carbocycles. The molecule has 1 aliphatic carbocycles. The fourth-order valence-electron chi connectivity index (χ4n) is 4.15. The topological polar surface area (TPSA) is 19.4 Å². The number of aromatic nitrogens is 1. The van der Waals surface area contributed by atoms with Gasteiger partial charge < -0.3 is 0 Å². The van der Waals surface area contributed by atoms with Crippen LogP contribution in [0.2, 0.25) is 0 Å². The van der Waals surface area contributed by atoms with Crippen molar-refractivity contribution < 1.29 is 4.39 Å². The summed E-state index contributed by atoms with van der Waals surface area (Å²) >= 11 is 1.75. The Bertz CT molecular complexity index is 662. The molecule has 2 fully saturated rings. The molecule has 1 aromatic heterocycles. The molecule has 0 amide bonds. The number of thiazole rings is 1. The zero-order chi connectivity index (χ0) is 16.6. The number of piperidine rings is 1. The maximum atomic E-state index is 13.0. The minimum Gasteiger partial charge on any atom is -0.299 e. The molecular weight excluding hydrogens is 321 g/mol. The first-order valence-electron chi connectivity index (χ1n) is 8.70. The van der Waals surface area contributed by atoms with E-state index < -0.39 is 0 Å². The second-order valence-electron chi connectivity index (χ2n) is 7.33. The third-order valence-corrected chi connectivity index (χ3v) is 6.48. The summed E-state index contributed by atoms with van der Waals surface area (Å²) in [5.41, 5.74) is 1.74. The highest BCUT2D eigenvalue weighted by atomic mass is 32.1. The number of hydrogen-bond donors (Lipinski definition) is 0. The van der Waals surface area contributed by atoms with Crippen LogP contribution in [0.3, 0.4) is 0 Å². The van der Waals surface area contributed by atoms with Crippen molar-refractivity contribution in [3.63, 3.8) is 0 Å². The van der Waals surface area contributed by atoms with E-state index in [1.54, 1.807) is 23.5 Å². The van der Waals surface area contributed by atoms with Gasteiger partial charge in [0.1, 0.15) is 10.8 Å². The molecule has 1 atom stereocenters. The first-order chi connectivity index (χ1) is 11.6. The molecule has 0 unspecified atom stereocenters. The Labute approximate surface area is 147 Å². The molecule has 1 spiro atoms. The third-order valence-electron chi connectivity index (χ3n) is 5.72. The molecule has 2 aliphatic rings. The van der Waals surface area contributed by atoms with E-state index in [9.17, 15) is 4.39 Å². The molecule has 0 radical (unpaired) electrons. The molecule has 0 bridgehead atoms. The van der Waals surface area contributed by atoms with Gasteiger partial charge in [-0.25, -0.2) is 9.37 Å². The highest BCUT2D eigenvalue weighted by Gasteiger charge is 2.56. The molecule has 3 nitrogen and oxygen atoms in total. The number of likely N-dealkylation sites (tertiary alicyclic amines) is 1. The number of benzene rings is 1. The average Bonchev–Trinajstić information content (AvgIpc) is 3.03. The fourth-order valence-corrected chi connectivity index (χ4v) is 4.82. The number of halogens is 1. The van der Waals surface area contributed by atoms with Gasteiger partial charge in [0, 0.05) is 24.2 Å². The summed E-state index contributed by atoms with van der Waals surface area (Å²) in [6, 6.07) is 7.65. The summed E-state index contributed by atoms with van der Waals surface area (Å²) in [4.78, 5) is 9.41. The summed E-state index contributed by atoms with van der Waals surface area (Å²) in [5.74, 6) is -0.152. The Morgan fingerprint density at radius 3 is 2.71 bits per heavy atom. The average molecular weight is 345 g/mol. The highest BCUT2D eigenvalue weighted by Crippen LogP contribution is 2.56. The summed E-state index contributed by atoms with van der Waals surface area (Å²) in [6.45, 7) is 4.22. The predicted octanol–water partition coefficient (Wildman–Crippen LogP) is 3.77. The lowest BCUT2D eigenvalue weighted by atomic mass is 9.92. The minimum absolute atomic E-state index is 0.152. The van der Waals surface area contributed by atoms with Crippen molar-refractivity contribution in [1.29, 1.82) is 0 Å². The molecule has 1 saturated carbocycles. The Kier molecular flexibility index (Phi) is 4.41. The Balaban J connectivity index is 1.28. The van der Waals surface area contributed by atoms with E-state index in [2.05, 4.69) is 27.2 Å². The van der Waals surface area contributed by atoms with Crippen LogP contribution in [-0.2, 0) is 13.1 Å². The summed E-state index contributed by atoms with van der Waals surface area (Å²) in [6.07, 6.45) is 5.78. The zero-order valence-electron chi connectivity index (χ0n) is 14.1. The molecule has 1 aliphatic heterocycles. The van der Waals surface area contributed by atoms with E-state index in [1.807, 2.05) is 18.3 Å². The first-order valence-corrected chi connectivity index (χ1v) is 9.58. The van der Waals surface area contributed by atoms with Gasteiger partial charge in [-0.3, -0.25) is 9.80 Å². The van der Waals surface area contributed by atoms with E-state index in [-0.39, 0.29) is 5.82 Å². The number of hydrogen-bond acceptors (Lipinski definition) is 4. The van der Waals surface area contributed by atoms with Crippen LogP contribution in [0.5, 0.6) is 0 Å². The van der Waals surface area contributed by atoms with Crippen molar-refractivity contribution in [3.8, 4) is 0 Å². The maximum Gasteiger partial charge on any atom is 0.123 e. The molecule has 128 valence electrons. The monoisotopic (exact) mass is 345 g/mol. The molecule has 1 saturated heterocycles. The van der Waals surface area contributed by atoms with Gasteiger partial charge in [-0.15, -0.1) is 11.3 Å². The molecule has 24 heavy (non-hydrogen) atoms. The van der Waals surface area contributed by atoms with E-state index in [0.29, 0.717) is 5.41 Å². The first kappa shape index (κ1) is 16.2. The van der Waals surface area contributed by atoms with Crippen molar-refractivity contribution in [2.24, 2.45) is 5.41 Å². The molecule has 2 aromatic rings. The van der Waals surface area contributed by atoms with Crippen molar-refractivity contribution in [1.82, 2.24) is 14.8 Å². The van der Waals surface area contributed by atoms with Crippen LogP contribution in [0, 0.1) is 11.2 Å². The van der Waals surface area contributed by atoms with Gasteiger partial charge >= 0.3 is 0 Å². The predicted molar refractivity (Wildman–Crippen MR) is 95.3 cm³/mol.